The Labute approximate surface area is 143 Å². The van der Waals surface area contributed by atoms with Crippen molar-refractivity contribution in [2.45, 2.75) is 26.7 Å². The number of aromatic nitrogens is 2. The van der Waals surface area contributed by atoms with Crippen molar-refractivity contribution in [3.05, 3.63) is 52.0 Å². The maximum absolute atomic E-state index is 12.0. The third-order valence-corrected chi connectivity index (χ3v) is 5.18. The van der Waals surface area contributed by atoms with Crippen LogP contribution in [0.5, 0.6) is 0 Å². The van der Waals surface area contributed by atoms with Crippen molar-refractivity contribution in [2.75, 3.05) is 5.32 Å². The van der Waals surface area contributed by atoms with Gasteiger partial charge < -0.3 is 5.32 Å². The summed E-state index contributed by atoms with van der Waals surface area (Å²) in [4.78, 5) is 20.8. The fourth-order valence-electron chi connectivity index (χ4n) is 2.14. The van der Waals surface area contributed by atoms with Crippen LogP contribution in [0.1, 0.15) is 23.9 Å². The lowest BCUT2D eigenvalue weighted by Gasteiger charge is -2.00. The Morgan fingerprint density at radius 2 is 1.91 bits per heavy atom. The first-order valence-corrected chi connectivity index (χ1v) is 9.15. The summed E-state index contributed by atoms with van der Waals surface area (Å²) in [6.45, 7) is 4.04. The summed E-state index contributed by atoms with van der Waals surface area (Å²) in [5.74, 6) is -0.0856. The molecule has 1 N–H and O–H groups in total. The number of nitrogens with zero attached hydrogens (tertiary/aromatic N) is 2. The molecule has 0 saturated carbocycles. The molecule has 6 heteroatoms. The van der Waals surface area contributed by atoms with E-state index in [0.29, 0.717) is 5.13 Å². The van der Waals surface area contributed by atoms with Gasteiger partial charge in [0.05, 0.1) is 17.8 Å². The number of carbonyl (C=O) groups is 1. The zero-order valence-corrected chi connectivity index (χ0v) is 14.6. The van der Waals surface area contributed by atoms with Crippen molar-refractivity contribution in [3.8, 4) is 10.6 Å². The number of hydrogen-bond acceptors (Lipinski definition) is 5. The number of aryl methyl sites for hydroxylation is 2. The molecule has 0 aliphatic carbocycles. The average Bonchev–Trinajstić information content (AvgIpc) is 3.16. The lowest BCUT2D eigenvalue weighted by molar-refractivity contribution is -0.115. The minimum absolute atomic E-state index is 0.0856. The van der Waals surface area contributed by atoms with Gasteiger partial charge in [-0.2, -0.15) is 0 Å². The Bertz CT molecular complexity index is 805. The highest BCUT2D eigenvalue weighted by Crippen LogP contribution is 2.24. The van der Waals surface area contributed by atoms with Gasteiger partial charge in [0.2, 0.25) is 5.91 Å². The zero-order chi connectivity index (χ0) is 16.2. The molecule has 0 saturated heterocycles. The Hall–Kier alpha value is -2.05. The standard InChI is InChI=1S/C17H17N3OS2/c1-3-12-4-6-13(7-5-12)16-19-14(10-22-16)8-15(21)20-17-18-11(2)9-23-17/h4-7,9-10H,3,8H2,1-2H3,(H,18,20,21). The van der Waals surface area contributed by atoms with E-state index in [2.05, 4.69) is 46.5 Å². The van der Waals surface area contributed by atoms with E-state index in [1.165, 1.54) is 16.9 Å². The molecule has 4 nitrogen and oxygen atoms in total. The highest BCUT2D eigenvalue weighted by Gasteiger charge is 2.10. The quantitative estimate of drug-likeness (QED) is 0.750. The van der Waals surface area contributed by atoms with E-state index in [1.807, 2.05) is 17.7 Å². The summed E-state index contributed by atoms with van der Waals surface area (Å²) in [7, 11) is 0. The molecule has 118 valence electrons. The lowest BCUT2D eigenvalue weighted by Crippen LogP contribution is -2.14. The van der Waals surface area contributed by atoms with Crippen LogP contribution in [-0.4, -0.2) is 15.9 Å². The van der Waals surface area contributed by atoms with E-state index >= 15 is 0 Å². The lowest BCUT2D eigenvalue weighted by atomic mass is 10.1. The first-order chi connectivity index (χ1) is 11.1. The van der Waals surface area contributed by atoms with E-state index in [4.69, 9.17) is 0 Å². The maximum atomic E-state index is 12.0. The Balaban J connectivity index is 1.65. The molecule has 1 aromatic carbocycles. The summed E-state index contributed by atoms with van der Waals surface area (Å²) < 4.78 is 0. The second-order valence-corrected chi connectivity index (χ2v) is 6.93. The normalized spacial score (nSPS) is 10.7. The number of thiazole rings is 2. The van der Waals surface area contributed by atoms with Gasteiger partial charge in [-0.15, -0.1) is 22.7 Å². The average molecular weight is 343 g/mol. The smallest absolute Gasteiger partial charge is 0.232 e. The molecule has 1 amide bonds. The second-order valence-electron chi connectivity index (χ2n) is 5.21. The monoisotopic (exact) mass is 343 g/mol. The predicted molar refractivity (Wildman–Crippen MR) is 96.1 cm³/mol. The zero-order valence-electron chi connectivity index (χ0n) is 13.0. The van der Waals surface area contributed by atoms with Crippen LogP contribution >= 0.6 is 22.7 Å². The Kier molecular flexibility index (Phi) is 4.83. The molecule has 0 bridgehead atoms. The first kappa shape index (κ1) is 15.8. The van der Waals surface area contributed by atoms with Gasteiger partial charge >= 0.3 is 0 Å². The van der Waals surface area contributed by atoms with Crippen LogP contribution in [-0.2, 0) is 17.6 Å². The van der Waals surface area contributed by atoms with Gasteiger partial charge in [-0.3, -0.25) is 4.79 Å². The first-order valence-electron chi connectivity index (χ1n) is 7.39. The maximum Gasteiger partial charge on any atom is 0.232 e. The molecule has 0 atom stereocenters. The van der Waals surface area contributed by atoms with Crippen LogP contribution in [0.25, 0.3) is 10.6 Å². The fraction of sp³-hybridized carbons (Fsp3) is 0.235. The summed E-state index contributed by atoms with van der Waals surface area (Å²) in [6, 6.07) is 8.40. The molecular formula is C17H17N3OS2. The molecule has 2 heterocycles. The third-order valence-electron chi connectivity index (χ3n) is 3.37. The van der Waals surface area contributed by atoms with Gasteiger partial charge in [0.15, 0.2) is 5.13 Å². The summed E-state index contributed by atoms with van der Waals surface area (Å²) >= 11 is 3.00. The van der Waals surface area contributed by atoms with Crippen molar-refractivity contribution in [2.24, 2.45) is 0 Å². The van der Waals surface area contributed by atoms with Crippen LogP contribution in [0.2, 0.25) is 0 Å². The van der Waals surface area contributed by atoms with Gasteiger partial charge in [-0.05, 0) is 18.9 Å². The number of rotatable bonds is 5. The molecule has 0 spiro atoms. The third kappa shape index (κ3) is 4.03. The van der Waals surface area contributed by atoms with Crippen LogP contribution in [0, 0.1) is 6.92 Å². The minimum atomic E-state index is -0.0856. The number of amides is 1. The molecule has 0 unspecified atom stereocenters. The van der Waals surface area contributed by atoms with Gasteiger partial charge in [0.25, 0.3) is 0 Å². The summed E-state index contributed by atoms with van der Waals surface area (Å²) in [5, 5.41) is 8.24. The van der Waals surface area contributed by atoms with Crippen LogP contribution in [0.15, 0.2) is 35.0 Å². The largest absolute Gasteiger partial charge is 0.302 e. The number of nitrogens with one attached hydrogen (secondary N) is 1. The summed E-state index contributed by atoms with van der Waals surface area (Å²) in [5.41, 5.74) is 4.10. The molecular weight excluding hydrogens is 326 g/mol. The molecule has 2 aromatic heterocycles. The Morgan fingerprint density at radius 1 is 1.13 bits per heavy atom. The fourth-order valence-corrected chi connectivity index (χ4v) is 3.67. The molecule has 0 radical (unpaired) electrons. The van der Waals surface area contributed by atoms with Gasteiger partial charge in [-0.25, -0.2) is 9.97 Å². The van der Waals surface area contributed by atoms with Crippen molar-refractivity contribution >= 4 is 33.7 Å². The SMILES string of the molecule is CCc1ccc(-c2nc(CC(=O)Nc3nc(C)cs3)cs2)cc1. The van der Waals surface area contributed by atoms with Crippen LogP contribution < -0.4 is 5.32 Å². The molecule has 3 aromatic rings. The van der Waals surface area contributed by atoms with E-state index in [-0.39, 0.29) is 12.3 Å². The van der Waals surface area contributed by atoms with E-state index < -0.39 is 0 Å². The van der Waals surface area contributed by atoms with Crippen LogP contribution in [0.3, 0.4) is 0 Å². The van der Waals surface area contributed by atoms with Crippen molar-refractivity contribution in [3.63, 3.8) is 0 Å². The van der Waals surface area contributed by atoms with Crippen molar-refractivity contribution < 1.29 is 4.79 Å². The Morgan fingerprint density at radius 3 is 2.57 bits per heavy atom. The minimum Gasteiger partial charge on any atom is -0.302 e. The molecule has 0 aliphatic rings. The van der Waals surface area contributed by atoms with E-state index in [0.717, 1.165) is 28.4 Å². The van der Waals surface area contributed by atoms with E-state index in [9.17, 15) is 4.79 Å². The van der Waals surface area contributed by atoms with Gasteiger partial charge in [-0.1, -0.05) is 31.2 Å². The van der Waals surface area contributed by atoms with Gasteiger partial charge in [0.1, 0.15) is 5.01 Å². The predicted octanol–water partition coefficient (Wildman–Crippen LogP) is 4.32. The number of benzene rings is 1. The van der Waals surface area contributed by atoms with E-state index in [1.54, 1.807) is 11.3 Å². The summed E-state index contributed by atoms with van der Waals surface area (Å²) in [6.07, 6.45) is 1.29. The van der Waals surface area contributed by atoms with Crippen LogP contribution in [0.4, 0.5) is 5.13 Å². The number of anilines is 1. The number of carbonyl (C=O) groups excluding carboxylic acids is 1. The topological polar surface area (TPSA) is 54.9 Å². The highest BCUT2D eigenvalue weighted by atomic mass is 32.1. The van der Waals surface area contributed by atoms with Gasteiger partial charge in [0, 0.05) is 16.3 Å². The highest BCUT2D eigenvalue weighted by molar-refractivity contribution is 7.14. The molecule has 0 aliphatic heterocycles. The second kappa shape index (κ2) is 7.02. The molecule has 3 rings (SSSR count). The molecule has 23 heavy (non-hydrogen) atoms. The van der Waals surface area contributed by atoms with Crippen molar-refractivity contribution in [1.82, 2.24) is 9.97 Å². The number of hydrogen-bond donors (Lipinski definition) is 1. The van der Waals surface area contributed by atoms with Crippen molar-refractivity contribution in [1.29, 1.82) is 0 Å². The molecule has 0 fully saturated rings.